The molecule has 2 heterocycles. The van der Waals surface area contributed by atoms with E-state index in [0.717, 1.165) is 18.7 Å². The second-order valence-corrected chi connectivity index (χ2v) is 6.74. The number of hydrogen-bond donors (Lipinski definition) is 1. The molecule has 1 N–H and O–H groups in total. The Labute approximate surface area is 142 Å². The molecule has 2 fully saturated rings. The Balaban J connectivity index is 1.42. The van der Waals surface area contributed by atoms with Crippen molar-refractivity contribution in [3.8, 4) is 0 Å². The van der Waals surface area contributed by atoms with E-state index < -0.39 is 0 Å². The van der Waals surface area contributed by atoms with Gasteiger partial charge in [0.15, 0.2) is 5.82 Å². The number of amides is 2. The average molecular weight is 334 g/mol. The molecule has 2 aliphatic rings. The van der Waals surface area contributed by atoms with Crippen molar-refractivity contribution in [1.82, 2.24) is 20.4 Å². The number of nitrogens with one attached hydrogen (secondary N) is 1. The van der Waals surface area contributed by atoms with Crippen LogP contribution in [-0.2, 0) is 16.0 Å². The molecule has 0 aromatic carbocycles. The van der Waals surface area contributed by atoms with Crippen molar-refractivity contribution in [2.45, 2.75) is 57.8 Å². The third-order valence-corrected chi connectivity index (χ3v) is 5.09. The Morgan fingerprint density at radius 2 is 2.12 bits per heavy atom. The van der Waals surface area contributed by atoms with Gasteiger partial charge in [-0.25, -0.2) is 0 Å². The molecular weight excluding hydrogens is 308 g/mol. The maximum atomic E-state index is 12.3. The highest BCUT2D eigenvalue weighted by Gasteiger charge is 2.29. The second-order valence-electron chi connectivity index (χ2n) is 6.74. The zero-order valence-corrected chi connectivity index (χ0v) is 14.3. The van der Waals surface area contributed by atoms with E-state index >= 15 is 0 Å². The van der Waals surface area contributed by atoms with Crippen LogP contribution in [-0.4, -0.2) is 46.5 Å². The van der Waals surface area contributed by atoms with Crippen LogP contribution in [0.5, 0.6) is 0 Å². The van der Waals surface area contributed by atoms with E-state index in [0.29, 0.717) is 50.6 Å². The van der Waals surface area contributed by atoms with Gasteiger partial charge in [0, 0.05) is 38.4 Å². The molecule has 0 bridgehead atoms. The van der Waals surface area contributed by atoms with Gasteiger partial charge in [-0.1, -0.05) is 18.0 Å². The molecule has 0 spiro atoms. The molecule has 1 saturated heterocycles. The summed E-state index contributed by atoms with van der Waals surface area (Å²) in [5.41, 5.74) is 0. The lowest BCUT2D eigenvalue weighted by Gasteiger charge is -2.30. The minimum Gasteiger partial charge on any atom is -0.355 e. The molecule has 1 aliphatic heterocycles. The fraction of sp³-hybridized carbons (Fsp3) is 0.765. The van der Waals surface area contributed by atoms with Crippen molar-refractivity contribution in [2.75, 3.05) is 19.6 Å². The second kappa shape index (κ2) is 7.77. The van der Waals surface area contributed by atoms with E-state index in [-0.39, 0.29) is 17.7 Å². The first kappa shape index (κ1) is 16.9. The van der Waals surface area contributed by atoms with Gasteiger partial charge in [-0.2, -0.15) is 4.98 Å². The Hall–Kier alpha value is -1.92. The van der Waals surface area contributed by atoms with Crippen molar-refractivity contribution >= 4 is 11.8 Å². The van der Waals surface area contributed by atoms with Crippen LogP contribution in [0.2, 0.25) is 0 Å². The first-order chi connectivity index (χ1) is 11.7. The van der Waals surface area contributed by atoms with Crippen LogP contribution in [0.15, 0.2) is 4.52 Å². The summed E-state index contributed by atoms with van der Waals surface area (Å²) in [6.45, 7) is 3.63. The van der Waals surface area contributed by atoms with Crippen LogP contribution in [0.3, 0.4) is 0 Å². The summed E-state index contributed by atoms with van der Waals surface area (Å²) in [7, 11) is 0. The smallest absolute Gasteiger partial charge is 0.229 e. The maximum absolute atomic E-state index is 12.3. The number of hydrogen-bond acceptors (Lipinski definition) is 5. The molecule has 1 aliphatic carbocycles. The van der Waals surface area contributed by atoms with Crippen molar-refractivity contribution < 1.29 is 14.1 Å². The van der Waals surface area contributed by atoms with E-state index in [4.69, 9.17) is 4.52 Å². The lowest BCUT2D eigenvalue weighted by Crippen LogP contribution is -2.45. The quantitative estimate of drug-likeness (QED) is 0.854. The third-order valence-electron chi connectivity index (χ3n) is 5.09. The summed E-state index contributed by atoms with van der Waals surface area (Å²) >= 11 is 0. The molecule has 3 rings (SSSR count). The van der Waals surface area contributed by atoms with E-state index in [2.05, 4.69) is 15.5 Å². The van der Waals surface area contributed by atoms with E-state index in [1.54, 1.807) is 4.90 Å². The Morgan fingerprint density at radius 3 is 2.88 bits per heavy atom. The lowest BCUT2D eigenvalue weighted by atomic mass is 9.96. The predicted octanol–water partition coefficient (Wildman–Crippen LogP) is 1.64. The Kier molecular flexibility index (Phi) is 5.48. The molecule has 1 aromatic rings. The number of carbonyl (C=O) groups is 2. The van der Waals surface area contributed by atoms with Gasteiger partial charge in [-0.15, -0.1) is 0 Å². The minimum absolute atomic E-state index is 0.0143. The number of piperidine rings is 1. The highest BCUT2D eigenvalue weighted by molar-refractivity contribution is 5.83. The van der Waals surface area contributed by atoms with Crippen LogP contribution in [0, 0.1) is 5.92 Å². The van der Waals surface area contributed by atoms with Crippen molar-refractivity contribution in [3.63, 3.8) is 0 Å². The zero-order chi connectivity index (χ0) is 16.9. The molecule has 2 amide bonds. The number of nitrogens with zero attached hydrogens (tertiary/aromatic N) is 3. The largest absolute Gasteiger partial charge is 0.355 e. The van der Waals surface area contributed by atoms with Gasteiger partial charge in [-0.3, -0.25) is 9.59 Å². The monoisotopic (exact) mass is 334 g/mol. The summed E-state index contributed by atoms with van der Waals surface area (Å²) in [5, 5.41) is 6.96. The summed E-state index contributed by atoms with van der Waals surface area (Å²) < 4.78 is 5.34. The minimum atomic E-state index is -0.109. The van der Waals surface area contributed by atoms with Gasteiger partial charge in [0.05, 0.1) is 5.92 Å². The highest BCUT2D eigenvalue weighted by Crippen LogP contribution is 2.32. The van der Waals surface area contributed by atoms with Gasteiger partial charge in [0.1, 0.15) is 0 Å². The fourth-order valence-electron chi connectivity index (χ4n) is 3.58. The van der Waals surface area contributed by atoms with Gasteiger partial charge in [-0.05, 0) is 26.2 Å². The number of rotatable bonds is 6. The summed E-state index contributed by atoms with van der Waals surface area (Å²) in [4.78, 5) is 30.1. The summed E-state index contributed by atoms with van der Waals surface area (Å²) in [6.07, 6.45) is 6.40. The van der Waals surface area contributed by atoms with Crippen LogP contribution < -0.4 is 5.32 Å². The molecule has 0 radical (unpaired) electrons. The van der Waals surface area contributed by atoms with Crippen LogP contribution in [0.1, 0.15) is 63.1 Å². The first-order valence-electron chi connectivity index (χ1n) is 9.05. The lowest BCUT2D eigenvalue weighted by molar-refractivity contribution is -0.138. The molecule has 1 aromatic heterocycles. The van der Waals surface area contributed by atoms with Gasteiger partial charge in [0.2, 0.25) is 17.7 Å². The van der Waals surface area contributed by atoms with Gasteiger partial charge < -0.3 is 14.7 Å². The molecular formula is C17H26N4O3. The standard InChI is InChI=1S/C17H26N4O3/c1-2-21-11-13(7-8-15(21)22)16(23)18-10-9-14-19-17(24-20-14)12-5-3-4-6-12/h12-13H,2-11H2,1H3,(H,18,23)/t13-/m0/s1. The van der Waals surface area contributed by atoms with E-state index in [1.165, 1.54) is 12.8 Å². The Bertz CT molecular complexity index is 580. The summed E-state index contributed by atoms with van der Waals surface area (Å²) in [6, 6.07) is 0. The predicted molar refractivity (Wildman–Crippen MR) is 87.2 cm³/mol. The number of aromatic nitrogens is 2. The molecule has 24 heavy (non-hydrogen) atoms. The van der Waals surface area contributed by atoms with Crippen LogP contribution in [0.4, 0.5) is 0 Å². The van der Waals surface area contributed by atoms with Gasteiger partial charge in [0.25, 0.3) is 0 Å². The third kappa shape index (κ3) is 3.94. The maximum Gasteiger partial charge on any atom is 0.229 e. The van der Waals surface area contributed by atoms with E-state index in [9.17, 15) is 9.59 Å². The molecule has 1 saturated carbocycles. The van der Waals surface area contributed by atoms with Crippen molar-refractivity contribution in [1.29, 1.82) is 0 Å². The fourth-order valence-corrected chi connectivity index (χ4v) is 3.58. The Morgan fingerprint density at radius 1 is 1.33 bits per heavy atom. The highest BCUT2D eigenvalue weighted by atomic mass is 16.5. The van der Waals surface area contributed by atoms with Crippen LogP contribution >= 0.6 is 0 Å². The first-order valence-corrected chi connectivity index (χ1v) is 9.05. The average Bonchev–Trinajstić information content (AvgIpc) is 3.26. The normalized spacial score (nSPS) is 22.1. The van der Waals surface area contributed by atoms with Crippen LogP contribution in [0.25, 0.3) is 0 Å². The molecule has 1 atom stereocenters. The zero-order valence-electron chi connectivity index (χ0n) is 14.3. The summed E-state index contributed by atoms with van der Waals surface area (Å²) in [5.74, 6) is 1.88. The van der Waals surface area contributed by atoms with Crippen molar-refractivity contribution in [2.24, 2.45) is 5.92 Å². The van der Waals surface area contributed by atoms with E-state index in [1.807, 2.05) is 6.92 Å². The molecule has 7 heteroatoms. The molecule has 7 nitrogen and oxygen atoms in total. The number of likely N-dealkylation sites (tertiary alicyclic amines) is 1. The SMILES string of the molecule is CCN1C[C@@H](C(=O)NCCc2noc(C3CCCC3)n2)CCC1=O. The molecule has 0 unspecified atom stereocenters. The number of carbonyl (C=O) groups excluding carboxylic acids is 2. The van der Waals surface area contributed by atoms with Gasteiger partial charge >= 0.3 is 0 Å². The topological polar surface area (TPSA) is 88.3 Å². The molecule has 132 valence electrons. The van der Waals surface area contributed by atoms with Crippen molar-refractivity contribution in [3.05, 3.63) is 11.7 Å².